The van der Waals surface area contributed by atoms with Gasteiger partial charge < -0.3 is 45.1 Å². The predicted octanol–water partition coefficient (Wildman–Crippen LogP) is 8.36. The lowest BCUT2D eigenvalue weighted by Crippen LogP contribution is -2.44. The van der Waals surface area contributed by atoms with Crippen LogP contribution in [0.1, 0.15) is 68.9 Å². The van der Waals surface area contributed by atoms with Crippen LogP contribution in [0, 0.1) is 17.6 Å². The zero-order chi connectivity index (χ0) is 48.8. The number of anilines is 6. The standard InChI is InChI=1S/C50H62BrF2N10O5P/c1-6-31-25-41(59-50-56-29-36(51)48(61-50)58-40-10-9-39-34(47(40)69(4,5)66)8-12-45(57-39)68-3)43(67-2)28-42(31)63-23-16-32(17-24-63)55-20-19-54-18-13-30-14-21-62(22-15-30)33-26-37(52)46(38(53)27-33)35-7-11-44(64)60-49(35)65/h8-10,12,25-30,32,35,54-55H,6-7,11,13-24H2,1-5H3,(H,60,64,65)(H2,56,58,59,61). The van der Waals surface area contributed by atoms with Gasteiger partial charge in [-0.15, -0.1) is 0 Å². The average molecular weight is 1030 g/mol. The van der Waals surface area contributed by atoms with E-state index in [1.165, 1.54) is 17.7 Å². The zero-order valence-corrected chi connectivity index (χ0v) is 42.4. The number of carbonyl (C=O) groups is 2. The third-order valence-electron chi connectivity index (χ3n) is 13.5. The highest BCUT2D eigenvalue weighted by atomic mass is 79.9. The van der Waals surface area contributed by atoms with Crippen LogP contribution >= 0.6 is 23.1 Å². The molecule has 3 aliphatic heterocycles. The van der Waals surface area contributed by atoms with Gasteiger partial charge in [0.1, 0.15) is 30.3 Å². The van der Waals surface area contributed by atoms with Gasteiger partial charge >= 0.3 is 0 Å². The molecule has 3 aliphatic rings. The van der Waals surface area contributed by atoms with Crippen LogP contribution in [0.5, 0.6) is 11.6 Å². The number of methoxy groups -OCH3 is 2. The van der Waals surface area contributed by atoms with Crippen molar-refractivity contribution in [2.75, 3.05) is 93.8 Å². The van der Waals surface area contributed by atoms with Gasteiger partial charge in [-0.3, -0.25) is 14.9 Å². The third kappa shape index (κ3) is 11.8. The molecule has 0 saturated carbocycles. The number of halogens is 3. The molecule has 3 fully saturated rings. The first-order valence-corrected chi connectivity index (χ1v) is 27.2. The van der Waals surface area contributed by atoms with Crippen LogP contribution in [0.4, 0.5) is 43.3 Å². The Morgan fingerprint density at radius 1 is 0.855 bits per heavy atom. The number of hydrogen-bond donors (Lipinski definition) is 5. The zero-order valence-electron chi connectivity index (χ0n) is 39.9. The lowest BCUT2D eigenvalue weighted by atomic mass is 9.89. The fourth-order valence-corrected chi connectivity index (χ4v) is 11.6. The summed E-state index contributed by atoms with van der Waals surface area (Å²) in [7, 11) is 0.455. The van der Waals surface area contributed by atoms with Crippen molar-refractivity contribution >= 4 is 85.6 Å². The lowest BCUT2D eigenvalue weighted by Gasteiger charge is -2.35. The number of carbonyl (C=O) groups excluding carboxylic acids is 2. The molecular formula is C50H62BrF2N10O5P. The first-order chi connectivity index (χ1) is 33.2. The van der Waals surface area contributed by atoms with Crippen molar-refractivity contribution in [3.05, 3.63) is 82.0 Å². The highest BCUT2D eigenvalue weighted by Crippen LogP contribution is 2.43. The first kappa shape index (κ1) is 50.0. The van der Waals surface area contributed by atoms with E-state index in [0.717, 1.165) is 88.0 Å². The molecule has 5 N–H and O–H groups in total. The monoisotopic (exact) mass is 1030 g/mol. The van der Waals surface area contributed by atoms with E-state index in [4.69, 9.17) is 14.5 Å². The Labute approximate surface area is 410 Å². The second-order valence-corrected chi connectivity index (χ2v) is 22.4. The maximum atomic E-state index is 15.2. The fraction of sp³-hybridized carbons (Fsp3) is 0.460. The Hall–Kier alpha value is -5.42. The van der Waals surface area contributed by atoms with Gasteiger partial charge in [0.25, 0.3) is 0 Å². The summed E-state index contributed by atoms with van der Waals surface area (Å²) < 4.78 is 55.9. The van der Waals surface area contributed by atoms with Crippen LogP contribution in [0.2, 0.25) is 0 Å². The molecular weight excluding hydrogens is 969 g/mol. The van der Waals surface area contributed by atoms with Crippen LogP contribution in [0.25, 0.3) is 10.9 Å². The van der Waals surface area contributed by atoms with E-state index in [-0.39, 0.29) is 18.4 Å². The summed E-state index contributed by atoms with van der Waals surface area (Å²) in [4.78, 5) is 42.2. The van der Waals surface area contributed by atoms with Gasteiger partial charge in [0.15, 0.2) is 0 Å². The molecule has 3 aromatic carbocycles. The molecule has 0 spiro atoms. The molecule has 5 heterocycles. The number of pyridine rings is 1. The molecule has 19 heteroatoms. The molecule has 0 bridgehead atoms. The number of ether oxygens (including phenoxy) is 2. The second-order valence-electron chi connectivity index (χ2n) is 18.4. The van der Waals surface area contributed by atoms with Gasteiger partial charge in [-0.2, -0.15) is 4.98 Å². The van der Waals surface area contributed by atoms with Crippen LogP contribution in [-0.4, -0.2) is 106 Å². The minimum Gasteiger partial charge on any atom is -0.494 e. The van der Waals surface area contributed by atoms with Crippen LogP contribution in [-0.2, 0) is 20.6 Å². The molecule has 5 aromatic rings. The molecule has 69 heavy (non-hydrogen) atoms. The Balaban J connectivity index is 0.789. The van der Waals surface area contributed by atoms with E-state index in [2.05, 4.69) is 76.4 Å². The lowest BCUT2D eigenvalue weighted by molar-refractivity contribution is -0.134. The average Bonchev–Trinajstić information content (AvgIpc) is 3.33. The van der Waals surface area contributed by atoms with E-state index in [9.17, 15) is 14.2 Å². The van der Waals surface area contributed by atoms with Crippen molar-refractivity contribution < 1.29 is 32.4 Å². The highest BCUT2D eigenvalue weighted by molar-refractivity contribution is 9.10. The molecule has 368 valence electrons. The summed E-state index contributed by atoms with van der Waals surface area (Å²) >= 11 is 3.60. The van der Waals surface area contributed by atoms with Crippen molar-refractivity contribution in [1.29, 1.82) is 0 Å². The number of imide groups is 1. The van der Waals surface area contributed by atoms with Crippen molar-refractivity contribution in [1.82, 2.24) is 30.9 Å². The number of aromatic nitrogens is 3. The number of nitrogens with zero attached hydrogens (tertiary/aromatic N) is 5. The van der Waals surface area contributed by atoms with Gasteiger partial charge in [-0.1, -0.05) is 6.92 Å². The normalized spacial score (nSPS) is 17.3. The summed E-state index contributed by atoms with van der Waals surface area (Å²) in [6, 6.07) is 14.7. The number of nitrogens with one attached hydrogen (secondary N) is 5. The molecule has 8 rings (SSSR count). The summed E-state index contributed by atoms with van der Waals surface area (Å²) in [6.07, 6.45) is 7.64. The maximum absolute atomic E-state index is 15.2. The summed E-state index contributed by atoms with van der Waals surface area (Å²) in [5, 5.41) is 17.8. The highest BCUT2D eigenvalue weighted by Gasteiger charge is 2.33. The summed E-state index contributed by atoms with van der Waals surface area (Å²) in [5.74, 6) is -0.966. The van der Waals surface area contributed by atoms with Crippen molar-refractivity contribution in [2.24, 2.45) is 5.92 Å². The molecule has 0 radical (unpaired) electrons. The van der Waals surface area contributed by atoms with E-state index in [0.29, 0.717) is 75.1 Å². The summed E-state index contributed by atoms with van der Waals surface area (Å²) in [6.45, 7) is 11.6. The number of aryl methyl sites for hydroxylation is 1. The SMILES string of the molecule is CCc1cc(Nc2ncc(Br)c(Nc3ccc4nc(OC)ccc4c3P(C)(C)=O)n2)c(OC)cc1N1CCC(NCCNCCC2CCN(c3cc(F)c(C4CCC(=O)NC4=O)c(F)c3)CC2)CC1. The van der Waals surface area contributed by atoms with Gasteiger partial charge in [-0.05, 0) is 129 Å². The summed E-state index contributed by atoms with van der Waals surface area (Å²) in [5.41, 5.74) is 4.69. The largest absolute Gasteiger partial charge is 0.494 e. The van der Waals surface area contributed by atoms with Gasteiger partial charge in [0, 0.05) is 97.7 Å². The third-order valence-corrected chi connectivity index (χ3v) is 15.7. The van der Waals surface area contributed by atoms with Crippen molar-refractivity contribution in [3.8, 4) is 11.6 Å². The Morgan fingerprint density at radius 3 is 2.28 bits per heavy atom. The van der Waals surface area contributed by atoms with E-state index in [1.807, 2.05) is 23.1 Å². The second kappa shape index (κ2) is 22.1. The quantitative estimate of drug-likeness (QED) is 0.0322. The maximum Gasteiger partial charge on any atom is 0.234 e. The van der Waals surface area contributed by atoms with Crippen LogP contribution in [0.3, 0.4) is 0 Å². The van der Waals surface area contributed by atoms with E-state index in [1.54, 1.807) is 39.8 Å². The molecule has 15 nitrogen and oxygen atoms in total. The van der Waals surface area contributed by atoms with Crippen LogP contribution < -0.4 is 51.2 Å². The van der Waals surface area contributed by atoms with Crippen molar-refractivity contribution in [2.45, 2.75) is 70.3 Å². The molecule has 1 unspecified atom stereocenters. The van der Waals surface area contributed by atoms with Crippen LogP contribution in [0.15, 0.2) is 59.2 Å². The molecule has 1 atom stereocenters. The first-order valence-electron chi connectivity index (χ1n) is 23.8. The van der Waals surface area contributed by atoms with E-state index >= 15 is 8.78 Å². The van der Waals surface area contributed by atoms with Gasteiger partial charge in [-0.25, -0.2) is 18.7 Å². The molecule has 3 saturated heterocycles. The smallest absolute Gasteiger partial charge is 0.234 e. The van der Waals surface area contributed by atoms with Gasteiger partial charge in [0.2, 0.25) is 23.6 Å². The molecule has 0 aliphatic carbocycles. The Morgan fingerprint density at radius 2 is 1.59 bits per heavy atom. The number of piperidine rings is 3. The fourth-order valence-electron chi connectivity index (χ4n) is 9.84. The molecule has 2 amide bonds. The number of benzene rings is 3. The Bertz CT molecular complexity index is 2710. The number of fused-ring (bicyclic) bond motifs is 1. The minimum atomic E-state index is -2.78. The predicted molar refractivity (Wildman–Crippen MR) is 273 cm³/mol. The Kier molecular flexibility index (Phi) is 16.0. The molecule has 2 aromatic heterocycles. The minimum absolute atomic E-state index is 0.0653. The van der Waals surface area contributed by atoms with E-state index < -0.39 is 36.5 Å². The number of rotatable bonds is 18. The topological polar surface area (TPSA) is 175 Å². The van der Waals surface area contributed by atoms with Gasteiger partial charge in [0.05, 0.1) is 41.5 Å². The number of hydrogen-bond acceptors (Lipinski definition) is 14. The van der Waals surface area contributed by atoms with Crippen molar-refractivity contribution in [3.63, 3.8) is 0 Å². The number of amides is 2.